The van der Waals surface area contributed by atoms with Gasteiger partial charge in [0.15, 0.2) is 11.4 Å². The van der Waals surface area contributed by atoms with Crippen LogP contribution in [-0.4, -0.2) is 30.1 Å². The summed E-state index contributed by atoms with van der Waals surface area (Å²) < 4.78 is 54.5. The lowest BCUT2D eigenvalue weighted by molar-refractivity contribution is -0.187. The molecule has 0 heterocycles. The summed E-state index contributed by atoms with van der Waals surface area (Å²) in [5, 5.41) is 0. The lowest BCUT2D eigenvalue weighted by Gasteiger charge is -2.59. The van der Waals surface area contributed by atoms with Crippen molar-refractivity contribution >= 4 is 11.8 Å². The average molecular weight is 469 g/mol. The summed E-state index contributed by atoms with van der Waals surface area (Å²) in [7, 11) is 0. The molecule has 2 saturated carbocycles. The minimum absolute atomic E-state index is 0.0523. The van der Waals surface area contributed by atoms with Gasteiger partial charge in [-0.2, -0.15) is 13.2 Å². The Morgan fingerprint density at radius 2 is 1.76 bits per heavy atom. The Hall–Kier alpha value is -1.79. The molecule has 0 aromatic carbocycles. The number of fused-ring (bicyclic) bond motifs is 5. The molecular formula is C26H35F3O4. The van der Waals surface area contributed by atoms with Gasteiger partial charge in [0.1, 0.15) is 0 Å². The van der Waals surface area contributed by atoms with Crippen LogP contribution in [0.1, 0.15) is 79.6 Å². The summed E-state index contributed by atoms with van der Waals surface area (Å²) in [5.74, 6) is -0.282. The summed E-state index contributed by atoms with van der Waals surface area (Å²) in [6.07, 6.45) is 0.809. The minimum atomic E-state index is -4.42. The average Bonchev–Trinajstić information content (AvgIpc) is 3.00. The molecule has 4 nitrogen and oxygen atoms in total. The maximum Gasteiger partial charge on any atom is 0.412 e. The second-order valence-corrected chi connectivity index (χ2v) is 10.9. The highest BCUT2D eigenvalue weighted by Crippen LogP contribution is 2.69. The van der Waals surface area contributed by atoms with Gasteiger partial charge in [-0.05, 0) is 87.2 Å². The van der Waals surface area contributed by atoms with Gasteiger partial charge in [-0.1, -0.05) is 13.8 Å². The lowest BCUT2D eigenvalue weighted by atomic mass is 9.46. The molecule has 0 radical (unpaired) electrons. The smallest absolute Gasteiger partial charge is 0.412 e. The summed E-state index contributed by atoms with van der Waals surface area (Å²) in [5.41, 5.74) is -2.53. The Labute approximate surface area is 194 Å². The van der Waals surface area contributed by atoms with E-state index in [0.717, 1.165) is 6.42 Å². The number of Topliss-reactive ketones (excluding diaryl/α,β-unsaturated/α-hetero) is 1. The maximum absolute atomic E-state index is 14.4. The number of ketones is 1. The Morgan fingerprint density at radius 3 is 2.33 bits per heavy atom. The number of carbonyl (C=O) groups excluding carboxylic acids is 2. The van der Waals surface area contributed by atoms with E-state index in [-0.39, 0.29) is 30.0 Å². The van der Waals surface area contributed by atoms with Crippen LogP contribution in [0.2, 0.25) is 0 Å². The predicted octanol–water partition coefficient (Wildman–Crippen LogP) is 6.30. The molecule has 4 aliphatic carbocycles. The first-order chi connectivity index (χ1) is 15.3. The van der Waals surface area contributed by atoms with Crippen LogP contribution in [0.5, 0.6) is 0 Å². The summed E-state index contributed by atoms with van der Waals surface area (Å²) in [6, 6.07) is 0. The molecule has 7 heteroatoms. The monoisotopic (exact) mass is 468 g/mol. The van der Waals surface area contributed by atoms with Gasteiger partial charge in [0.25, 0.3) is 0 Å². The SMILES string of the molecule is CCOC1=CC2=C(C(F)(F)F)CC3C(CC[C@@]4(C)C3CC[C@]4(OC(C)=O)C(C)=O)[C@@]2(C)CC1. The highest BCUT2D eigenvalue weighted by molar-refractivity contribution is 5.89. The minimum Gasteiger partial charge on any atom is -0.498 e. The molecular weight excluding hydrogens is 433 g/mol. The topological polar surface area (TPSA) is 52.6 Å². The molecule has 0 bridgehead atoms. The van der Waals surface area contributed by atoms with Crippen molar-refractivity contribution in [3.63, 3.8) is 0 Å². The van der Waals surface area contributed by atoms with E-state index >= 15 is 0 Å². The van der Waals surface area contributed by atoms with Crippen molar-refractivity contribution in [3.8, 4) is 0 Å². The van der Waals surface area contributed by atoms with Gasteiger partial charge < -0.3 is 9.47 Å². The van der Waals surface area contributed by atoms with Gasteiger partial charge in [0.2, 0.25) is 0 Å². The van der Waals surface area contributed by atoms with Crippen LogP contribution in [0.4, 0.5) is 13.2 Å². The summed E-state index contributed by atoms with van der Waals surface area (Å²) in [4.78, 5) is 24.8. The van der Waals surface area contributed by atoms with Gasteiger partial charge >= 0.3 is 12.1 Å². The number of ether oxygens (including phenoxy) is 2. The van der Waals surface area contributed by atoms with Crippen molar-refractivity contribution in [2.45, 2.75) is 91.3 Å². The number of carbonyl (C=O) groups is 2. The zero-order chi connectivity index (χ0) is 24.4. The largest absolute Gasteiger partial charge is 0.498 e. The molecule has 33 heavy (non-hydrogen) atoms. The van der Waals surface area contributed by atoms with Crippen molar-refractivity contribution in [2.75, 3.05) is 6.61 Å². The van der Waals surface area contributed by atoms with Crippen LogP contribution in [0.25, 0.3) is 0 Å². The zero-order valence-electron chi connectivity index (χ0n) is 20.2. The van der Waals surface area contributed by atoms with Crippen LogP contribution in [0.15, 0.2) is 23.0 Å². The molecule has 0 amide bonds. The fraction of sp³-hybridized carbons (Fsp3) is 0.769. The van der Waals surface area contributed by atoms with Crippen molar-refractivity contribution in [1.29, 1.82) is 0 Å². The molecule has 6 atom stereocenters. The van der Waals surface area contributed by atoms with E-state index in [2.05, 4.69) is 0 Å². The van der Waals surface area contributed by atoms with E-state index in [1.54, 1.807) is 6.08 Å². The van der Waals surface area contributed by atoms with Crippen molar-refractivity contribution in [2.24, 2.45) is 28.6 Å². The Bertz CT molecular complexity index is 919. The molecule has 0 saturated heterocycles. The van der Waals surface area contributed by atoms with Crippen molar-refractivity contribution < 1.29 is 32.2 Å². The number of esters is 1. The van der Waals surface area contributed by atoms with E-state index in [1.165, 1.54) is 13.8 Å². The Kier molecular flexibility index (Phi) is 5.81. The predicted molar refractivity (Wildman–Crippen MR) is 117 cm³/mol. The first-order valence-electron chi connectivity index (χ1n) is 12.1. The molecule has 0 N–H and O–H groups in total. The van der Waals surface area contributed by atoms with Crippen LogP contribution >= 0.6 is 0 Å². The van der Waals surface area contributed by atoms with E-state index in [0.29, 0.717) is 50.0 Å². The van der Waals surface area contributed by atoms with Crippen LogP contribution in [-0.2, 0) is 19.1 Å². The Balaban J connectivity index is 1.81. The third-order valence-electron chi connectivity index (χ3n) is 9.51. The molecule has 0 aromatic heterocycles. The van der Waals surface area contributed by atoms with Crippen LogP contribution in [0, 0.1) is 28.6 Å². The first kappa shape index (κ1) is 24.3. The van der Waals surface area contributed by atoms with E-state index in [9.17, 15) is 22.8 Å². The van der Waals surface area contributed by atoms with Gasteiger partial charge in [-0.3, -0.25) is 9.59 Å². The number of hydrogen-bond donors (Lipinski definition) is 0. The van der Waals surface area contributed by atoms with Gasteiger partial charge in [-0.15, -0.1) is 0 Å². The molecule has 0 aliphatic heterocycles. The first-order valence-corrected chi connectivity index (χ1v) is 12.1. The Morgan fingerprint density at radius 1 is 1.09 bits per heavy atom. The van der Waals surface area contributed by atoms with E-state index in [4.69, 9.17) is 9.47 Å². The lowest BCUT2D eigenvalue weighted by Crippen LogP contribution is -2.58. The maximum atomic E-state index is 14.4. The quantitative estimate of drug-likeness (QED) is 0.454. The zero-order valence-corrected chi connectivity index (χ0v) is 20.2. The number of rotatable bonds is 4. The van der Waals surface area contributed by atoms with Crippen molar-refractivity contribution in [3.05, 3.63) is 23.0 Å². The molecule has 4 aliphatic rings. The second kappa shape index (κ2) is 7.88. The van der Waals surface area contributed by atoms with Gasteiger partial charge in [0, 0.05) is 24.3 Å². The summed E-state index contributed by atoms with van der Waals surface area (Å²) >= 11 is 0. The normalized spacial score (nSPS) is 40.4. The van der Waals surface area contributed by atoms with Gasteiger partial charge in [-0.25, -0.2) is 0 Å². The molecule has 0 aromatic rings. The molecule has 3 unspecified atom stereocenters. The van der Waals surface area contributed by atoms with Crippen LogP contribution in [0.3, 0.4) is 0 Å². The van der Waals surface area contributed by atoms with Crippen molar-refractivity contribution in [1.82, 2.24) is 0 Å². The summed E-state index contributed by atoms with van der Waals surface area (Å²) in [6.45, 7) is 8.99. The highest BCUT2D eigenvalue weighted by atomic mass is 19.4. The number of alkyl halides is 3. The standard InChI is InChI=1S/C26H35F3O4/c1-6-32-17-7-10-23(4)19-8-11-24(5)20(9-12-25(24,15(2)30)33-16(3)31)18(19)14-22(21(23)13-17)26(27,28)29/h13,18-20H,6-12,14H2,1-5H3/t18?,19?,20?,23-,24+,25+/m1/s1. The third-order valence-corrected chi connectivity index (χ3v) is 9.51. The number of hydrogen-bond acceptors (Lipinski definition) is 4. The highest BCUT2D eigenvalue weighted by Gasteiger charge is 2.68. The fourth-order valence-corrected chi connectivity index (χ4v) is 8.07. The van der Waals surface area contributed by atoms with E-state index in [1.807, 2.05) is 20.8 Å². The van der Waals surface area contributed by atoms with Crippen LogP contribution < -0.4 is 0 Å². The fourth-order valence-electron chi connectivity index (χ4n) is 8.07. The molecule has 2 fully saturated rings. The molecule has 184 valence electrons. The van der Waals surface area contributed by atoms with E-state index < -0.39 is 34.1 Å². The molecule has 4 rings (SSSR count). The number of allylic oxidation sites excluding steroid dienone is 4. The third kappa shape index (κ3) is 3.47. The van der Waals surface area contributed by atoms with Gasteiger partial charge in [0.05, 0.1) is 12.4 Å². The second-order valence-electron chi connectivity index (χ2n) is 10.9. The molecule has 0 spiro atoms. The number of halogens is 3.